The predicted molar refractivity (Wildman–Crippen MR) is 68.1 cm³/mol. The summed E-state index contributed by atoms with van der Waals surface area (Å²) in [6.07, 6.45) is 6.46. The van der Waals surface area contributed by atoms with Gasteiger partial charge in [-0.2, -0.15) is 0 Å². The van der Waals surface area contributed by atoms with E-state index in [2.05, 4.69) is 49.4 Å². The molecule has 0 aliphatic heterocycles. The monoisotopic (exact) mass is 324 g/mol. The SMILES string of the molecule is BrC(Br)CCCCCc1cccs1. The predicted octanol–water partition coefficient (Wildman–Crippen LogP) is 4.97. The van der Waals surface area contributed by atoms with Crippen LogP contribution in [0.15, 0.2) is 17.5 Å². The van der Waals surface area contributed by atoms with E-state index in [1.807, 2.05) is 11.3 Å². The van der Waals surface area contributed by atoms with Gasteiger partial charge in [0, 0.05) is 4.88 Å². The van der Waals surface area contributed by atoms with Gasteiger partial charge in [-0.15, -0.1) is 11.3 Å². The summed E-state index contributed by atoms with van der Waals surface area (Å²) in [5, 5.41) is 2.16. The van der Waals surface area contributed by atoms with Crippen molar-refractivity contribution in [2.45, 2.75) is 35.8 Å². The van der Waals surface area contributed by atoms with Gasteiger partial charge >= 0.3 is 0 Å². The van der Waals surface area contributed by atoms with E-state index in [4.69, 9.17) is 0 Å². The zero-order valence-electron chi connectivity index (χ0n) is 7.51. The van der Waals surface area contributed by atoms with Gasteiger partial charge in [0.1, 0.15) is 0 Å². The summed E-state index contributed by atoms with van der Waals surface area (Å²) in [6.45, 7) is 0. The molecule has 0 aliphatic carbocycles. The quantitative estimate of drug-likeness (QED) is 0.512. The van der Waals surface area contributed by atoms with Crippen molar-refractivity contribution >= 4 is 43.2 Å². The zero-order valence-corrected chi connectivity index (χ0v) is 11.5. The van der Waals surface area contributed by atoms with Crippen molar-refractivity contribution in [3.8, 4) is 0 Å². The number of unbranched alkanes of at least 4 members (excludes halogenated alkanes) is 2. The largest absolute Gasteiger partial charge is 0.149 e. The Balaban J connectivity index is 1.96. The first-order chi connectivity index (χ1) is 6.29. The fourth-order valence-electron chi connectivity index (χ4n) is 1.23. The van der Waals surface area contributed by atoms with E-state index in [1.165, 1.54) is 37.0 Å². The first-order valence-corrected chi connectivity index (χ1v) is 7.30. The molecule has 0 atom stereocenters. The Morgan fingerprint density at radius 2 is 2.08 bits per heavy atom. The molecule has 0 saturated heterocycles. The number of hydrogen-bond donors (Lipinski definition) is 0. The van der Waals surface area contributed by atoms with Gasteiger partial charge in [-0.25, -0.2) is 0 Å². The van der Waals surface area contributed by atoms with Crippen LogP contribution in [0.3, 0.4) is 0 Å². The van der Waals surface area contributed by atoms with E-state index >= 15 is 0 Å². The van der Waals surface area contributed by atoms with Crippen LogP contribution in [0.4, 0.5) is 0 Å². The van der Waals surface area contributed by atoms with Gasteiger partial charge in [-0.1, -0.05) is 50.8 Å². The van der Waals surface area contributed by atoms with E-state index < -0.39 is 0 Å². The zero-order chi connectivity index (χ0) is 9.52. The molecule has 0 radical (unpaired) electrons. The number of alkyl halides is 2. The third-order valence-electron chi connectivity index (χ3n) is 1.93. The minimum atomic E-state index is 0.502. The lowest BCUT2D eigenvalue weighted by Gasteiger charge is -2.00. The van der Waals surface area contributed by atoms with Gasteiger partial charge in [0.15, 0.2) is 0 Å². The molecule has 0 amide bonds. The Morgan fingerprint density at radius 3 is 2.69 bits per heavy atom. The number of hydrogen-bond acceptors (Lipinski definition) is 1. The molecule has 0 aromatic carbocycles. The van der Waals surface area contributed by atoms with Crippen molar-refractivity contribution < 1.29 is 0 Å². The number of rotatable bonds is 6. The second kappa shape index (κ2) is 7.02. The van der Waals surface area contributed by atoms with Gasteiger partial charge in [0.05, 0.1) is 3.74 Å². The van der Waals surface area contributed by atoms with Crippen LogP contribution >= 0.6 is 43.2 Å². The number of thiophene rings is 1. The first-order valence-electron chi connectivity index (χ1n) is 4.59. The Morgan fingerprint density at radius 1 is 1.23 bits per heavy atom. The maximum absolute atomic E-state index is 3.48. The normalized spacial score (nSPS) is 11.0. The fraction of sp³-hybridized carbons (Fsp3) is 0.600. The molecular formula is C10H14Br2S. The van der Waals surface area contributed by atoms with Crippen LogP contribution in [-0.2, 0) is 6.42 Å². The first kappa shape index (κ1) is 11.7. The summed E-state index contributed by atoms with van der Waals surface area (Å²) >= 11 is 8.84. The van der Waals surface area contributed by atoms with E-state index in [-0.39, 0.29) is 0 Å². The van der Waals surface area contributed by atoms with Crippen LogP contribution in [0, 0.1) is 0 Å². The molecule has 0 nitrogen and oxygen atoms in total. The van der Waals surface area contributed by atoms with Crippen LogP contribution in [0.25, 0.3) is 0 Å². The Labute approximate surface area is 101 Å². The highest BCUT2D eigenvalue weighted by Gasteiger charge is 1.98. The van der Waals surface area contributed by atoms with Crippen molar-refractivity contribution in [1.29, 1.82) is 0 Å². The number of aryl methyl sites for hydroxylation is 1. The molecule has 13 heavy (non-hydrogen) atoms. The van der Waals surface area contributed by atoms with E-state index in [0.717, 1.165) is 0 Å². The molecule has 1 aromatic heterocycles. The molecule has 0 N–H and O–H groups in total. The Bertz CT molecular complexity index is 207. The van der Waals surface area contributed by atoms with Crippen molar-refractivity contribution in [3.63, 3.8) is 0 Å². The van der Waals surface area contributed by atoms with Crippen LogP contribution in [-0.4, -0.2) is 3.74 Å². The lowest BCUT2D eigenvalue weighted by Crippen LogP contribution is -1.86. The summed E-state index contributed by atoms with van der Waals surface area (Å²) in [4.78, 5) is 1.52. The highest BCUT2D eigenvalue weighted by atomic mass is 79.9. The minimum Gasteiger partial charge on any atom is -0.149 e. The average molecular weight is 326 g/mol. The van der Waals surface area contributed by atoms with Gasteiger partial charge in [0.25, 0.3) is 0 Å². The van der Waals surface area contributed by atoms with E-state index in [1.54, 1.807) is 0 Å². The topological polar surface area (TPSA) is 0 Å². The molecule has 0 aliphatic rings. The van der Waals surface area contributed by atoms with Crippen LogP contribution in [0.1, 0.15) is 30.6 Å². The van der Waals surface area contributed by atoms with Crippen LogP contribution in [0.2, 0.25) is 0 Å². The third-order valence-corrected chi connectivity index (χ3v) is 3.78. The van der Waals surface area contributed by atoms with Crippen LogP contribution < -0.4 is 0 Å². The van der Waals surface area contributed by atoms with Gasteiger partial charge in [0.2, 0.25) is 0 Å². The molecule has 0 spiro atoms. The summed E-state index contributed by atoms with van der Waals surface area (Å²) in [7, 11) is 0. The maximum atomic E-state index is 3.48. The highest BCUT2D eigenvalue weighted by Crippen LogP contribution is 2.18. The number of halogens is 2. The minimum absolute atomic E-state index is 0.502. The molecule has 0 saturated carbocycles. The van der Waals surface area contributed by atoms with Crippen molar-refractivity contribution in [2.24, 2.45) is 0 Å². The van der Waals surface area contributed by atoms with Gasteiger partial charge in [-0.05, 0) is 30.7 Å². The molecule has 0 fully saturated rings. The fourth-order valence-corrected chi connectivity index (χ4v) is 2.63. The summed E-state index contributed by atoms with van der Waals surface area (Å²) in [5.74, 6) is 0. The second-order valence-corrected chi connectivity index (χ2v) is 7.54. The molecule has 1 rings (SSSR count). The smallest absolute Gasteiger partial charge is 0.0697 e. The summed E-state index contributed by atoms with van der Waals surface area (Å²) in [5.41, 5.74) is 0. The van der Waals surface area contributed by atoms with E-state index in [0.29, 0.717) is 3.74 Å². The Kier molecular flexibility index (Phi) is 6.33. The molecule has 1 aromatic rings. The lowest BCUT2D eigenvalue weighted by molar-refractivity contribution is 0.669. The van der Waals surface area contributed by atoms with Crippen molar-refractivity contribution in [3.05, 3.63) is 22.4 Å². The lowest BCUT2D eigenvalue weighted by atomic mass is 10.1. The molecular weight excluding hydrogens is 312 g/mol. The molecule has 0 unspecified atom stereocenters. The Hall–Kier alpha value is 0.660. The third kappa shape index (κ3) is 5.87. The molecule has 3 heteroatoms. The summed E-state index contributed by atoms with van der Waals surface area (Å²) in [6, 6.07) is 4.36. The van der Waals surface area contributed by atoms with Crippen molar-refractivity contribution in [2.75, 3.05) is 0 Å². The molecule has 74 valence electrons. The summed E-state index contributed by atoms with van der Waals surface area (Å²) < 4.78 is 0.502. The standard InChI is InChI=1S/C10H14Br2S/c11-10(12)7-3-1-2-5-9-6-4-8-13-9/h4,6,8,10H,1-3,5,7H2. The van der Waals surface area contributed by atoms with Gasteiger partial charge < -0.3 is 0 Å². The average Bonchev–Trinajstić information content (AvgIpc) is 2.55. The second-order valence-electron chi connectivity index (χ2n) is 3.07. The highest BCUT2D eigenvalue weighted by molar-refractivity contribution is 9.24. The van der Waals surface area contributed by atoms with Crippen molar-refractivity contribution in [1.82, 2.24) is 0 Å². The molecule has 0 bridgehead atoms. The van der Waals surface area contributed by atoms with Gasteiger partial charge in [-0.3, -0.25) is 0 Å². The van der Waals surface area contributed by atoms with E-state index in [9.17, 15) is 0 Å². The maximum Gasteiger partial charge on any atom is 0.0697 e. The molecule has 1 heterocycles. The van der Waals surface area contributed by atoms with Crippen LogP contribution in [0.5, 0.6) is 0 Å².